The summed E-state index contributed by atoms with van der Waals surface area (Å²) in [5.41, 5.74) is 4.02. The molecule has 150 valence electrons. The summed E-state index contributed by atoms with van der Waals surface area (Å²) in [7, 11) is 0. The van der Waals surface area contributed by atoms with Crippen molar-refractivity contribution in [3.63, 3.8) is 0 Å². The van der Waals surface area contributed by atoms with Gasteiger partial charge in [0.15, 0.2) is 5.76 Å². The Morgan fingerprint density at radius 2 is 2.14 bits per heavy atom. The Bertz CT molecular complexity index is 1040. The molecule has 1 aliphatic heterocycles. The monoisotopic (exact) mass is 392 g/mol. The lowest BCUT2D eigenvalue weighted by Gasteiger charge is -2.36. The number of benzene rings is 1. The van der Waals surface area contributed by atoms with Crippen LogP contribution in [-0.4, -0.2) is 26.9 Å². The van der Waals surface area contributed by atoms with Crippen molar-refractivity contribution in [1.82, 2.24) is 14.9 Å². The summed E-state index contributed by atoms with van der Waals surface area (Å²) < 4.78 is 13.5. The van der Waals surface area contributed by atoms with E-state index >= 15 is 0 Å². The molecule has 1 unspecified atom stereocenters. The van der Waals surface area contributed by atoms with Crippen molar-refractivity contribution >= 4 is 11.6 Å². The van der Waals surface area contributed by atoms with E-state index in [9.17, 15) is 4.79 Å². The Labute approximate surface area is 169 Å². The molecule has 1 aliphatic carbocycles. The maximum absolute atomic E-state index is 12.3. The van der Waals surface area contributed by atoms with E-state index in [4.69, 9.17) is 9.26 Å². The van der Waals surface area contributed by atoms with E-state index in [0.717, 1.165) is 41.0 Å². The summed E-state index contributed by atoms with van der Waals surface area (Å²) in [5, 5.41) is 8.30. The first kappa shape index (κ1) is 18.0. The smallest absolute Gasteiger partial charge is 0.224 e. The van der Waals surface area contributed by atoms with Gasteiger partial charge in [-0.05, 0) is 44.7 Å². The maximum atomic E-state index is 12.3. The van der Waals surface area contributed by atoms with Gasteiger partial charge in [-0.15, -0.1) is 0 Å². The molecule has 0 radical (unpaired) electrons. The first-order chi connectivity index (χ1) is 14.1. The topological polar surface area (TPSA) is 73.4 Å². The van der Waals surface area contributed by atoms with Gasteiger partial charge in [-0.1, -0.05) is 5.16 Å². The van der Waals surface area contributed by atoms with Crippen molar-refractivity contribution < 1.29 is 14.1 Å². The van der Waals surface area contributed by atoms with Gasteiger partial charge in [-0.3, -0.25) is 9.48 Å². The molecular weight excluding hydrogens is 368 g/mol. The van der Waals surface area contributed by atoms with Crippen LogP contribution in [0.3, 0.4) is 0 Å². The Morgan fingerprint density at radius 1 is 1.28 bits per heavy atom. The number of aromatic nitrogens is 3. The van der Waals surface area contributed by atoms with Gasteiger partial charge in [0.25, 0.3) is 0 Å². The molecule has 7 heteroatoms. The fourth-order valence-corrected chi connectivity index (χ4v) is 4.15. The third-order valence-corrected chi connectivity index (χ3v) is 5.77. The summed E-state index contributed by atoms with van der Waals surface area (Å²) in [6.45, 7) is 4.00. The zero-order chi connectivity index (χ0) is 20.0. The predicted molar refractivity (Wildman–Crippen MR) is 108 cm³/mol. The molecule has 7 nitrogen and oxygen atoms in total. The van der Waals surface area contributed by atoms with Crippen molar-refractivity contribution in [3.05, 3.63) is 48.1 Å². The Balaban J connectivity index is 1.58. The van der Waals surface area contributed by atoms with E-state index < -0.39 is 0 Å². The average molecular weight is 392 g/mol. The highest BCUT2D eigenvalue weighted by Gasteiger charge is 2.30. The molecule has 0 N–H and O–H groups in total. The summed E-state index contributed by atoms with van der Waals surface area (Å²) >= 11 is 0. The van der Waals surface area contributed by atoms with Crippen molar-refractivity contribution in [2.75, 3.05) is 4.90 Å². The number of fused-ring (bicyclic) bond motifs is 1. The van der Waals surface area contributed by atoms with E-state index in [2.05, 4.69) is 23.4 Å². The molecular formula is C22H24N4O3. The number of hydrogen-bond donors (Lipinski definition) is 0. The summed E-state index contributed by atoms with van der Waals surface area (Å²) in [5.74, 6) is 1.51. The van der Waals surface area contributed by atoms with Crippen LogP contribution in [0.1, 0.15) is 50.5 Å². The molecule has 2 aliphatic rings. The van der Waals surface area contributed by atoms with Gasteiger partial charge in [0.1, 0.15) is 12.4 Å². The normalized spacial score (nSPS) is 18.6. The lowest BCUT2D eigenvalue weighted by molar-refractivity contribution is -0.117. The number of amides is 1. The fourth-order valence-electron chi connectivity index (χ4n) is 4.15. The lowest BCUT2D eigenvalue weighted by Crippen LogP contribution is -2.40. The molecule has 2 aromatic heterocycles. The molecule has 1 fully saturated rings. The molecule has 3 aromatic rings. The zero-order valence-electron chi connectivity index (χ0n) is 16.7. The van der Waals surface area contributed by atoms with Gasteiger partial charge < -0.3 is 14.2 Å². The third kappa shape index (κ3) is 3.30. The van der Waals surface area contributed by atoms with Crippen LogP contribution in [0.25, 0.3) is 11.1 Å². The Kier molecular flexibility index (Phi) is 4.38. The minimum absolute atomic E-state index is 0.0499. The molecule has 1 amide bonds. The zero-order valence-corrected chi connectivity index (χ0v) is 16.7. The average Bonchev–Trinajstić information content (AvgIpc) is 3.22. The lowest BCUT2D eigenvalue weighted by atomic mass is 9.92. The maximum Gasteiger partial charge on any atom is 0.224 e. The number of carbonyl (C=O) groups is 1. The van der Waals surface area contributed by atoms with Crippen LogP contribution in [0.15, 0.2) is 41.3 Å². The van der Waals surface area contributed by atoms with Crippen LogP contribution in [-0.2, 0) is 17.8 Å². The molecule has 1 aromatic carbocycles. The molecule has 0 spiro atoms. The first-order valence-corrected chi connectivity index (χ1v) is 10.1. The molecule has 1 atom stereocenters. The van der Waals surface area contributed by atoms with E-state index in [0.29, 0.717) is 11.8 Å². The molecule has 0 saturated heterocycles. The summed E-state index contributed by atoms with van der Waals surface area (Å²) in [6, 6.07) is 6.57. The minimum Gasteiger partial charge on any atom is -0.485 e. The van der Waals surface area contributed by atoms with E-state index in [1.165, 1.54) is 12.8 Å². The Hall–Kier alpha value is -3.09. The van der Waals surface area contributed by atoms with Crippen molar-refractivity contribution in [1.29, 1.82) is 0 Å². The van der Waals surface area contributed by atoms with Crippen molar-refractivity contribution in [2.24, 2.45) is 0 Å². The SMILES string of the molecule is CC(=O)N1c2ccc(-c3cnn(C4CC4)c3)c(OCc3ccno3)c2CCC1C. The highest BCUT2D eigenvalue weighted by Crippen LogP contribution is 2.44. The van der Waals surface area contributed by atoms with Crippen LogP contribution in [0.5, 0.6) is 5.75 Å². The molecule has 0 bridgehead atoms. The number of nitrogens with zero attached hydrogens (tertiary/aromatic N) is 4. The van der Waals surface area contributed by atoms with Crippen molar-refractivity contribution in [3.8, 4) is 16.9 Å². The number of carbonyl (C=O) groups excluding carboxylic acids is 1. The number of rotatable bonds is 5. The van der Waals surface area contributed by atoms with Gasteiger partial charge in [0, 0.05) is 41.9 Å². The highest BCUT2D eigenvalue weighted by atomic mass is 16.5. The molecule has 3 heterocycles. The highest BCUT2D eigenvalue weighted by molar-refractivity contribution is 5.95. The minimum atomic E-state index is 0.0499. The quantitative estimate of drug-likeness (QED) is 0.652. The number of ether oxygens (including phenoxy) is 1. The molecule has 1 saturated carbocycles. The molecule has 5 rings (SSSR count). The van der Waals surface area contributed by atoms with Gasteiger partial charge >= 0.3 is 0 Å². The van der Waals surface area contributed by atoms with Gasteiger partial charge in [-0.25, -0.2) is 0 Å². The second-order valence-electron chi connectivity index (χ2n) is 7.92. The van der Waals surface area contributed by atoms with E-state index in [1.54, 1.807) is 19.2 Å². The second-order valence-corrected chi connectivity index (χ2v) is 7.92. The third-order valence-electron chi connectivity index (χ3n) is 5.77. The van der Waals surface area contributed by atoms with Crippen LogP contribution >= 0.6 is 0 Å². The van der Waals surface area contributed by atoms with Crippen LogP contribution in [0.2, 0.25) is 0 Å². The Morgan fingerprint density at radius 3 is 2.86 bits per heavy atom. The van der Waals surface area contributed by atoms with Gasteiger partial charge in [0.2, 0.25) is 5.91 Å². The summed E-state index contributed by atoms with van der Waals surface area (Å²) in [4.78, 5) is 14.2. The number of anilines is 1. The van der Waals surface area contributed by atoms with Gasteiger partial charge in [-0.2, -0.15) is 5.10 Å². The first-order valence-electron chi connectivity index (χ1n) is 10.1. The second kappa shape index (κ2) is 7.06. The van der Waals surface area contributed by atoms with Crippen LogP contribution < -0.4 is 9.64 Å². The van der Waals surface area contributed by atoms with Crippen molar-refractivity contribution in [2.45, 2.75) is 58.2 Å². The number of hydrogen-bond acceptors (Lipinski definition) is 5. The summed E-state index contributed by atoms with van der Waals surface area (Å²) in [6.07, 6.45) is 9.73. The largest absolute Gasteiger partial charge is 0.485 e. The predicted octanol–water partition coefficient (Wildman–Crippen LogP) is 4.14. The van der Waals surface area contributed by atoms with E-state index in [1.807, 2.05) is 27.9 Å². The van der Waals surface area contributed by atoms with E-state index in [-0.39, 0.29) is 18.6 Å². The molecule has 29 heavy (non-hydrogen) atoms. The van der Waals surface area contributed by atoms with Crippen LogP contribution in [0.4, 0.5) is 5.69 Å². The van der Waals surface area contributed by atoms with Gasteiger partial charge in [0.05, 0.1) is 24.1 Å². The standard InChI is InChI=1S/C22H24N4O3/c1-14-3-6-20-21(26(14)15(2)27)8-7-19(16-11-23-25(12-16)17-4-5-17)22(20)28-13-18-9-10-24-29-18/h7-12,14,17H,3-6,13H2,1-2H3. The van der Waals surface area contributed by atoms with Crippen LogP contribution in [0, 0.1) is 0 Å². The fraction of sp³-hybridized carbons (Fsp3) is 0.409.